The number of likely N-dealkylation sites (N-methyl/N-ethyl adjacent to an activating group) is 1. The third kappa shape index (κ3) is 3.76. The van der Waals surface area contributed by atoms with Crippen molar-refractivity contribution in [2.45, 2.75) is 20.0 Å². The van der Waals surface area contributed by atoms with Crippen LogP contribution in [0.4, 0.5) is 5.69 Å². The van der Waals surface area contributed by atoms with E-state index in [1.54, 1.807) is 17.3 Å². The molecular formula is C16H21N3O2S. The Morgan fingerprint density at radius 1 is 1.18 bits per heavy atom. The molecule has 0 saturated heterocycles. The molecule has 0 fully saturated rings. The first-order chi connectivity index (χ1) is 10.4. The van der Waals surface area contributed by atoms with Crippen molar-refractivity contribution in [3.05, 3.63) is 50.6 Å². The molecule has 1 heterocycles. The fourth-order valence-electron chi connectivity index (χ4n) is 2.11. The van der Waals surface area contributed by atoms with Gasteiger partial charge in [-0.15, -0.1) is 0 Å². The van der Waals surface area contributed by atoms with Crippen molar-refractivity contribution in [2.75, 3.05) is 26.0 Å². The van der Waals surface area contributed by atoms with E-state index < -0.39 is 0 Å². The molecule has 1 aromatic carbocycles. The molecule has 6 heteroatoms. The van der Waals surface area contributed by atoms with Gasteiger partial charge in [-0.2, -0.15) is 0 Å². The second-order valence-electron chi connectivity index (χ2n) is 5.54. The van der Waals surface area contributed by atoms with Crippen molar-refractivity contribution in [3.8, 4) is 0 Å². The van der Waals surface area contributed by atoms with Crippen LogP contribution in [-0.4, -0.2) is 36.5 Å². The Balaban J connectivity index is 2.01. The number of rotatable bonds is 5. The normalized spacial score (nSPS) is 10.5. The number of anilines is 1. The molecule has 0 aliphatic rings. The number of amides is 1. The smallest absolute Gasteiger partial charge is 0.307 e. The number of nitrogens with zero attached hydrogens (tertiary/aromatic N) is 3. The van der Waals surface area contributed by atoms with Gasteiger partial charge in [-0.1, -0.05) is 23.5 Å². The number of carbonyl (C=O) groups excluding carboxylic acids is 1. The fourth-order valence-corrected chi connectivity index (χ4v) is 2.85. The molecule has 22 heavy (non-hydrogen) atoms. The molecule has 1 amide bonds. The van der Waals surface area contributed by atoms with E-state index in [0.29, 0.717) is 6.54 Å². The predicted molar refractivity (Wildman–Crippen MR) is 90.6 cm³/mol. The lowest BCUT2D eigenvalue weighted by molar-refractivity contribution is -0.131. The molecule has 0 radical (unpaired) electrons. The van der Waals surface area contributed by atoms with E-state index in [1.165, 1.54) is 4.57 Å². The highest BCUT2D eigenvalue weighted by Crippen LogP contribution is 2.13. The minimum absolute atomic E-state index is 0.0692. The standard InChI is InChI=1S/C16H21N3O2S/c1-12-11-22-16(21)19(12)10-15(20)18(4)9-13-5-7-14(8-6-13)17(2)3/h5-8,11H,9-10H2,1-4H3. The zero-order valence-corrected chi connectivity index (χ0v) is 14.2. The van der Waals surface area contributed by atoms with Crippen molar-refractivity contribution in [1.82, 2.24) is 9.47 Å². The fraction of sp³-hybridized carbons (Fsp3) is 0.375. The molecule has 0 bridgehead atoms. The average molecular weight is 319 g/mol. The number of carbonyl (C=O) groups is 1. The van der Waals surface area contributed by atoms with Gasteiger partial charge in [-0.3, -0.25) is 14.2 Å². The maximum atomic E-state index is 12.3. The van der Waals surface area contributed by atoms with E-state index in [2.05, 4.69) is 0 Å². The van der Waals surface area contributed by atoms with Gasteiger partial charge in [0.2, 0.25) is 5.91 Å². The van der Waals surface area contributed by atoms with Crippen LogP contribution in [0.25, 0.3) is 0 Å². The number of aryl methyl sites for hydroxylation is 1. The highest BCUT2D eigenvalue weighted by Gasteiger charge is 2.13. The zero-order valence-electron chi connectivity index (χ0n) is 13.4. The van der Waals surface area contributed by atoms with Gasteiger partial charge < -0.3 is 9.80 Å². The second kappa shape index (κ2) is 6.79. The Kier molecular flexibility index (Phi) is 5.03. The molecule has 0 atom stereocenters. The average Bonchev–Trinajstić information content (AvgIpc) is 2.79. The van der Waals surface area contributed by atoms with E-state index in [1.807, 2.05) is 50.2 Å². The van der Waals surface area contributed by atoms with Gasteiger partial charge >= 0.3 is 4.87 Å². The Morgan fingerprint density at radius 2 is 1.82 bits per heavy atom. The van der Waals surface area contributed by atoms with Crippen LogP contribution in [0.2, 0.25) is 0 Å². The van der Waals surface area contributed by atoms with E-state index in [-0.39, 0.29) is 17.3 Å². The monoisotopic (exact) mass is 319 g/mol. The van der Waals surface area contributed by atoms with Crippen LogP contribution in [0, 0.1) is 6.92 Å². The quantitative estimate of drug-likeness (QED) is 0.846. The molecule has 1 aromatic heterocycles. The van der Waals surface area contributed by atoms with Crippen LogP contribution in [-0.2, 0) is 17.9 Å². The first-order valence-electron chi connectivity index (χ1n) is 7.03. The van der Waals surface area contributed by atoms with Gasteiger partial charge in [0.15, 0.2) is 0 Å². The highest BCUT2D eigenvalue weighted by atomic mass is 32.1. The van der Waals surface area contributed by atoms with Crippen molar-refractivity contribution < 1.29 is 4.79 Å². The number of hydrogen-bond acceptors (Lipinski definition) is 4. The Labute approximate surface area is 134 Å². The Morgan fingerprint density at radius 3 is 2.32 bits per heavy atom. The van der Waals surface area contributed by atoms with Crippen LogP contribution in [0.1, 0.15) is 11.3 Å². The SMILES string of the molecule is Cc1csc(=O)n1CC(=O)N(C)Cc1ccc(N(C)C)cc1. The van der Waals surface area contributed by atoms with Crippen molar-refractivity contribution in [1.29, 1.82) is 0 Å². The Bertz CT molecular complexity index is 701. The van der Waals surface area contributed by atoms with Crippen LogP contribution >= 0.6 is 11.3 Å². The maximum absolute atomic E-state index is 12.3. The summed E-state index contributed by atoms with van der Waals surface area (Å²) in [7, 11) is 5.74. The summed E-state index contributed by atoms with van der Waals surface area (Å²) in [5.74, 6) is -0.0692. The third-order valence-corrected chi connectivity index (χ3v) is 4.45. The molecule has 0 unspecified atom stereocenters. The summed E-state index contributed by atoms with van der Waals surface area (Å²) in [5.41, 5.74) is 3.01. The summed E-state index contributed by atoms with van der Waals surface area (Å²) in [6.45, 7) is 2.47. The summed E-state index contributed by atoms with van der Waals surface area (Å²) >= 11 is 1.12. The topological polar surface area (TPSA) is 45.6 Å². The molecule has 0 N–H and O–H groups in total. The third-order valence-electron chi connectivity index (χ3n) is 3.57. The lowest BCUT2D eigenvalue weighted by Gasteiger charge is -2.19. The number of thiazole rings is 1. The number of hydrogen-bond donors (Lipinski definition) is 0. The first-order valence-corrected chi connectivity index (χ1v) is 7.91. The summed E-state index contributed by atoms with van der Waals surface area (Å²) in [6, 6.07) is 8.09. The molecule has 2 aromatic rings. The second-order valence-corrected chi connectivity index (χ2v) is 6.36. The lowest BCUT2D eigenvalue weighted by atomic mass is 10.2. The van der Waals surface area contributed by atoms with Gasteiger partial charge in [-0.05, 0) is 24.6 Å². The molecule has 0 aliphatic heterocycles. The minimum Gasteiger partial charge on any atom is -0.378 e. The Hall–Kier alpha value is -2.08. The molecule has 0 spiro atoms. The molecule has 118 valence electrons. The molecule has 0 aliphatic carbocycles. The van der Waals surface area contributed by atoms with E-state index in [4.69, 9.17) is 0 Å². The van der Waals surface area contributed by atoms with Crippen LogP contribution < -0.4 is 9.77 Å². The van der Waals surface area contributed by atoms with Gasteiger partial charge in [0.05, 0.1) is 0 Å². The van der Waals surface area contributed by atoms with Gasteiger partial charge in [-0.25, -0.2) is 0 Å². The number of aromatic nitrogens is 1. The van der Waals surface area contributed by atoms with Gasteiger partial charge in [0.25, 0.3) is 0 Å². The summed E-state index contributed by atoms with van der Waals surface area (Å²) in [4.78, 5) is 27.5. The van der Waals surface area contributed by atoms with E-state index >= 15 is 0 Å². The minimum atomic E-state index is -0.0883. The maximum Gasteiger partial charge on any atom is 0.307 e. The van der Waals surface area contributed by atoms with Gasteiger partial charge in [0.1, 0.15) is 6.54 Å². The van der Waals surface area contributed by atoms with Gasteiger partial charge in [0, 0.05) is 44.4 Å². The zero-order chi connectivity index (χ0) is 16.3. The van der Waals surface area contributed by atoms with Crippen LogP contribution in [0.15, 0.2) is 34.4 Å². The summed E-state index contributed by atoms with van der Waals surface area (Å²) < 4.78 is 1.51. The van der Waals surface area contributed by atoms with Crippen LogP contribution in [0.3, 0.4) is 0 Å². The molecular weight excluding hydrogens is 298 g/mol. The summed E-state index contributed by atoms with van der Waals surface area (Å²) in [5, 5.41) is 1.77. The predicted octanol–water partition coefficient (Wildman–Crippen LogP) is 1.94. The summed E-state index contributed by atoms with van der Waals surface area (Å²) in [6.07, 6.45) is 0. The van der Waals surface area contributed by atoms with Crippen molar-refractivity contribution >= 4 is 22.9 Å². The number of benzene rings is 1. The largest absolute Gasteiger partial charge is 0.378 e. The van der Waals surface area contributed by atoms with E-state index in [0.717, 1.165) is 28.3 Å². The first kappa shape index (κ1) is 16.3. The lowest BCUT2D eigenvalue weighted by Crippen LogP contribution is -2.32. The molecule has 2 rings (SSSR count). The van der Waals surface area contributed by atoms with Crippen molar-refractivity contribution in [3.63, 3.8) is 0 Å². The van der Waals surface area contributed by atoms with Crippen molar-refractivity contribution in [2.24, 2.45) is 0 Å². The van der Waals surface area contributed by atoms with E-state index in [9.17, 15) is 9.59 Å². The molecule has 0 saturated carbocycles. The molecule has 5 nitrogen and oxygen atoms in total. The highest BCUT2D eigenvalue weighted by molar-refractivity contribution is 7.07. The van der Waals surface area contributed by atoms with Crippen LogP contribution in [0.5, 0.6) is 0 Å².